The van der Waals surface area contributed by atoms with Gasteiger partial charge in [-0.05, 0) is 18.6 Å². The molecule has 0 fully saturated rings. The standard InChI is InChI=1S/C19H22N4O3S/c1-6-11(2)27-17-14-16(22(3)19(25)23(4)18(14)24)20-15(21-17)12-8-7-9-13(10-12)26-5/h7-11H,6H2,1-5H3/t11-/m0/s1. The number of ether oxygens (including phenoxy) is 1. The topological polar surface area (TPSA) is 79.0 Å². The Morgan fingerprint density at radius 1 is 1.19 bits per heavy atom. The number of thioether (sulfide) groups is 1. The number of aromatic nitrogens is 4. The minimum absolute atomic E-state index is 0.267. The first kappa shape index (κ1) is 19.2. The van der Waals surface area contributed by atoms with Crippen molar-refractivity contribution in [3.63, 3.8) is 0 Å². The summed E-state index contributed by atoms with van der Waals surface area (Å²) in [4.78, 5) is 34.4. The number of benzene rings is 1. The quantitative estimate of drug-likeness (QED) is 0.495. The van der Waals surface area contributed by atoms with Gasteiger partial charge >= 0.3 is 5.69 Å². The monoisotopic (exact) mass is 386 g/mol. The molecule has 0 N–H and O–H groups in total. The Balaban J connectivity index is 2.37. The molecule has 7 nitrogen and oxygen atoms in total. The van der Waals surface area contributed by atoms with E-state index in [0.717, 1.165) is 16.6 Å². The molecule has 0 amide bonds. The van der Waals surface area contributed by atoms with E-state index in [2.05, 4.69) is 23.8 Å². The lowest BCUT2D eigenvalue weighted by Gasteiger charge is -2.14. The molecule has 0 aliphatic heterocycles. The van der Waals surface area contributed by atoms with Gasteiger partial charge in [-0.15, -0.1) is 11.8 Å². The zero-order chi connectivity index (χ0) is 19.7. The number of hydrogen-bond acceptors (Lipinski definition) is 6. The van der Waals surface area contributed by atoms with Gasteiger partial charge in [0.05, 0.1) is 7.11 Å². The van der Waals surface area contributed by atoms with Gasteiger partial charge in [-0.1, -0.05) is 26.0 Å². The highest BCUT2D eigenvalue weighted by molar-refractivity contribution is 8.00. The van der Waals surface area contributed by atoms with Crippen molar-refractivity contribution >= 4 is 22.8 Å². The van der Waals surface area contributed by atoms with E-state index in [9.17, 15) is 9.59 Å². The van der Waals surface area contributed by atoms with Crippen LogP contribution in [-0.2, 0) is 14.1 Å². The van der Waals surface area contributed by atoms with Gasteiger partial charge in [0.1, 0.15) is 16.2 Å². The van der Waals surface area contributed by atoms with Crippen LogP contribution in [0.2, 0.25) is 0 Å². The van der Waals surface area contributed by atoms with E-state index >= 15 is 0 Å². The maximum absolute atomic E-state index is 12.8. The Hall–Kier alpha value is -2.61. The summed E-state index contributed by atoms with van der Waals surface area (Å²) in [5, 5.41) is 1.23. The van der Waals surface area contributed by atoms with Crippen molar-refractivity contribution in [1.29, 1.82) is 0 Å². The van der Waals surface area contributed by atoms with Crippen molar-refractivity contribution in [2.75, 3.05) is 7.11 Å². The van der Waals surface area contributed by atoms with Crippen LogP contribution >= 0.6 is 11.8 Å². The molecular formula is C19H22N4O3S. The molecule has 2 aromatic heterocycles. The summed E-state index contributed by atoms with van der Waals surface area (Å²) in [7, 11) is 4.68. The zero-order valence-corrected chi connectivity index (χ0v) is 16.8. The third kappa shape index (κ3) is 3.49. The van der Waals surface area contributed by atoms with Crippen LogP contribution in [0.25, 0.3) is 22.4 Å². The highest BCUT2D eigenvalue weighted by Crippen LogP contribution is 2.30. The summed E-state index contributed by atoms with van der Waals surface area (Å²) in [6.07, 6.45) is 0.927. The third-order valence-corrected chi connectivity index (χ3v) is 5.74. The van der Waals surface area contributed by atoms with Gasteiger partial charge in [-0.2, -0.15) is 0 Å². The van der Waals surface area contributed by atoms with Crippen LogP contribution in [0.5, 0.6) is 5.75 Å². The molecule has 0 radical (unpaired) electrons. The van der Waals surface area contributed by atoms with E-state index in [1.165, 1.54) is 23.4 Å². The molecule has 0 bridgehead atoms. The van der Waals surface area contributed by atoms with Gasteiger partial charge in [0, 0.05) is 24.9 Å². The number of nitrogens with zero attached hydrogens (tertiary/aromatic N) is 4. The van der Waals surface area contributed by atoms with Crippen LogP contribution in [0.1, 0.15) is 20.3 Å². The molecule has 8 heteroatoms. The SMILES string of the molecule is CC[C@H](C)Sc1nc(-c2cccc(OC)c2)nc2c1c(=O)n(C)c(=O)n2C. The summed E-state index contributed by atoms with van der Waals surface area (Å²) in [5.74, 6) is 1.14. The van der Waals surface area contributed by atoms with E-state index in [1.54, 1.807) is 14.2 Å². The molecule has 142 valence electrons. The molecule has 2 heterocycles. The summed E-state index contributed by atoms with van der Waals surface area (Å²) in [5.41, 5.74) is 0.301. The van der Waals surface area contributed by atoms with Crippen LogP contribution in [0, 0.1) is 0 Å². The predicted octanol–water partition coefficient (Wildman–Crippen LogP) is 2.59. The molecular weight excluding hydrogens is 364 g/mol. The number of fused-ring (bicyclic) bond motifs is 1. The van der Waals surface area contributed by atoms with Crippen molar-refractivity contribution in [3.8, 4) is 17.1 Å². The molecule has 0 aliphatic rings. The third-order valence-electron chi connectivity index (χ3n) is 4.48. The molecule has 0 saturated heterocycles. The maximum atomic E-state index is 12.8. The van der Waals surface area contributed by atoms with Gasteiger partial charge < -0.3 is 4.74 Å². The molecule has 3 rings (SSSR count). The molecule has 0 unspecified atom stereocenters. The van der Waals surface area contributed by atoms with Crippen molar-refractivity contribution < 1.29 is 4.74 Å². The van der Waals surface area contributed by atoms with Gasteiger partial charge in [-0.3, -0.25) is 13.9 Å². The van der Waals surface area contributed by atoms with E-state index in [4.69, 9.17) is 4.74 Å². The second kappa shape index (κ2) is 7.56. The first-order chi connectivity index (χ1) is 12.9. The molecule has 1 aromatic carbocycles. The lowest BCUT2D eigenvalue weighted by Crippen LogP contribution is -2.37. The zero-order valence-electron chi connectivity index (χ0n) is 16.0. The second-order valence-electron chi connectivity index (χ2n) is 6.33. The van der Waals surface area contributed by atoms with Crippen LogP contribution in [0.4, 0.5) is 0 Å². The van der Waals surface area contributed by atoms with Crippen LogP contribution in [0.15, 0.2) is 38.9 Å². The first-order valence-corrected chi connectivity index (χ1v) is 9.54. The van der Waals surface area contributed by atoms with E-state index in [1.807, 2.05) is 24.3 Å². The van der Waals surface area contributed by atoms with Gasteiger partial charge in [-0.25, -0.2) is 14.8 Å². The fraction of sp³-hybridized carbons (Fsp3) is 0.368. The second-order valence-corrected chi connectivity index (χ2v) is 7.75. The van der Waals surface area contributed by atoms with E-state index < -0.39 is 5.69 Å². The Morgan fingerprint density at radius 3 is 2.59 bits per heavy atom. The van der Waals surface area contributed by atoms with Crippen LogP contribution < -0.4 is 16.0 Å². The average molecular weight is 386 g/mol. The van der Waals surface area contributed by atoms with Crippen LogP contribution in [0.3, 0.4) is 0 Å². The van der Waals surface area contributed by atoms with Gasteiger partial charge in [0.25, 0.3) is 5.56 Å². The predicted molar refractivity (Wildman–Crippen MR) is 108 cm³/mol. The minimum Gasteiger partial charge on any atom is -0.497 e. The summed E-state index contributed by atoms with van der Waals surface area (Å²) in [6.45, 7) is 4.16. The summed E-state index contributed by atoms with van der Waals surface area (Å²) in [6, 6.07) is 7.40. The van der Waals surface area contributed by atoms with E-state index in [-0.39, 0.29) is 10.8 Å². The fourth-order valence-electron chi connectivity index (χ4n) is 2.68. The lowest BCUT2D eigenvalue weighted by molar-refractivity contribution is 0.415. The molecule has 3 aromatic rings. The van der Waals surface area contributed by atoms with Crippen molar-refractivity contribution in [1.82, 2.24) is 19.1 Å². The van der Waals surface area contributed by atoms with Crippen molar-refractivity contribution in [2.24, 2.45) is 14.1 Å². The van der Waals surface area contributed by atoms with Crippen molar-refractivity contribution in [3.05, 3.63) is 45.1 Å². The Morgan fingerprint density at radius 2 is 1.93 bits per heavy atom. The molecule has 0 saturated carbocycles. The number of rotatable bonds is 5. The fourth-order valence-corrected chi connectivity index (χ4v) is 3.66. The Bertz CT molecular complexity index is 1120. The van der Waals surface area contributed by atoms with Crippen LogP contribution in [-0.4, -0.2) is 31.5 Å². The lowest BCUT2D eigenvalue weighted by atomic mass is 10.2. The van der Waals surface area contributed by atoms with Gasteiger partial charge in [0.15, 0.2) is 11.5 Å². The Kier molecular flexibility index (Phi) is 5.36. The molecule has 0 aliphatic carbocycles. The first-order valence-electron chi connectivity index (χ1n) is 8.66. The minimum atomic E-state index is -0.415. The number of aryl methyl sites for hydroxylation is 1. The maximum Gasteiger partial charge on any atom is 0.332 e. The summed E-state index contributed by atoms with van der Waals surface area (Å²) >= 11 is 1.52. The summed E-state index contributed by atoms with van der Waals surface area (Å²) < 4.78 is 7.77. The molecule has 1 atom stereocenters. The number of methoxy groups -OCH3 is 1. The normalized spacial score (nSPS) is 12.3. The largest absolute Gasteiger partial charge is 0.497 e. The van der Waals surface area contributed by atoms with E-state index in [0.29, 0.717) is 27.6 Å². The Labute approximate surface area is 161 Å². The smallest absolute Gasteiger partial charge is 0.332 e. The molecule has 0 spiro atoms. The highest BCUT2D eigenvalue weighted by atomic mass is 32.2. The van der Waals surface area contributed by atoms with Crippen molar-refractivity contribution in [2.45, 2.75) is 30.5 Å². The highest BCUT2D eigenvalue weighted by Gasteiger charge is 2.19. The average Bonchev–Trinajstić information content (AvgIpc) is 2.69. The number of hydrogen-bond donors (Lipinski definition) is 0. The van der Waals surface area contributed by atoms with Gasteiger partial charge in [0.2, 0.25) is 0 Å². The molecule has 27 heavy (non-hydrogen) atoms.